The first-order valence-corrected chi connectivity index (χ1v) is 8.48. The molecule has 0 spiro atoms. The summed E-state index contributed by atoms with van der Waals surface area (Å²) >= 11 is 0. The summed E-state index contributed by atoms with van der Waals surface area (Å²) in [6, 6.07) is 5.29. The number of ether oxygens (including phenoxy) is 1. The van der Waals surface area contributed by atoms with Gasteiger partial charge in [-0.3, -0.25) is 9.59 Å². The maximum Gasteiger partial charge on any atom is 0.339 e. The van der Waals surface area contributed by atoms with Gasteiger partial charge in [-0.05, 0) is 44.9 Å². The highest BCUT2D eigenvalue weighted by molar-refractivity contribution is 5.85. The third kappa shape index (κ3) is 4.84. The molecule has 140 valence electrons. The summed E-state index contributed by atoms with van der Waals surface area (Å²) in [6.45, 7) is 5.44. The second kappa shape index (κ2) is 8.51. The predicted octanol–water partition coefficient (Wildman–Crippen LogP) is 1.68. The molecule has 0 fully saturated rings. The largest absolute Gasteiger partial charge is 0.497 e. The van der Waals surface area contributed by atoms with Crippen LogP contribution in [0.25, 0.3) is 11.0 Å². The second-order valence-corrected chi connectivity index (χ2v) is 6.35. The molecule has 0 aliphatic carbocycles. The molecular formula is C19H24N2O5. The fraction of sp³-hybridized carbons (Fsp3) is 0.421. The maximum atomic E-state index is 12.3. The van der Waals surface area contributed by atoms with E-state index in [-0.39, 0.29) is 37.2 Å². The molecule has 0 atom stereocenters. The average molecular weight is 360 g/mol. The summed E-state index contributed by atoms with van der Waals surface area (Å²) in [6.07, 6.45) is 0.343. The Balaban J connectivity index is 2.05. The van der Waals surface area contributed by atoms with E-state index >= 15 is 0 Å². The van der Waals surface area contributed by atoms with Crippen LogP contribution >= 0.6 is 0 Å². The van der Waals surface area contributed by atoms with Crippen molar-refractivity contribution in [2.24, 2.45) is 0 Å². The van der Waals surface area contributed by atoms with Gasteiger partial charge >= 0.3 is 5.63 Å². The Morgan fingerprint density at radius 1 is 1.23 bits per heavy atom. The van der Waals surface area contributed by atoms with Crippen LogP contribution in [0.2, 0.25) is 0 Å². The van der Waals surface area contributed by atoms with Crippen molar-refractivity contribution in [3.05, 3.63) is 39.7 Å². The van der Waals surface area contributed by atoms with Crippen molar-refractivity contribution in [2.75, 3.05) is 13.7 Å². The van der Waals surface area contributed by atoms with E-state index < -0.39 is 5.63 Å². The molecule has 0 aliphatic heterocycles. The fourth-order valence-corrected chi connectivity index (χ4v) is 2.67. The molecule has 0 saturated carbocycles. The number of benzene rings is 1. The van der Waals surface area contributed by atoms with E-state index in [0.717, 1.165) is 10.9 Å². The van der Waals surface area contributed by atoms with E-state index in [1.165, 1.54) is 0 Å². The van der Waals surface area contributed by atoms with Gasteiger partial charge in [0.05, 0.1) is 13.7 Å². The first-order chi connectivity index (χ1) is 12.3. The molecule has 0 bridgehead atoms. The fourth-order valence-electron chi connectivity index (χ4n) is 2.67. The molecule has 0 aliphatic rings. The highest BCUT2D eigenvalue weighted by Gasteiger charge is 2.14. The minimum absolute atomic E-state index is 0.0166. The lowest BCUT2D eigenvalue weighted by molar-refractivity contribution is -0.126. The monoisotopic (exact) mass is 360 g/mol. The summed E-state index contributed by atoms with van der Waals surface area (Å²) in [5, 5.41) is 6.04. The van der Waals surface area contributed by atoms with Crippen LogP contribution in [-0.4, -0.2) is 31.5 Å². The molecule has 2 N–H and O–H groups in total. The van der Waals surface area contributed by atoms with Gasteiger partial charge in [-0.25, -0.2) is 4.79 Å². The molecular weight excluding hydrogens is 336 g/mol. The molecule has 1 aromatic heterocycles. The standard InChI is InChI=1S/C19H24N2O5/c1-11(2)21-18(23)10-20-17(22)8-7-15-12(3)14-6-5-13(25-4)9-16(14)26-19(15)24/h5-6,9,11H,7-8,10H2,1-4H3,(H,20,22)(H,21,23). The van der Waals surface area contributed by atoms with Crippen molar-refractivity contribution in [1.82, 2.24) is 10.6 Å². The summed E-state index contributed by atoms with van der Waals surface area (Å²) < 4.78 is 10.5. The number of fused-ring (bicyclic) bond motifs is 1. The van der Waals surface area contributed by atoms with Crippen LogP contribution in [0.1, 0.15) is 31.4 Å². The number of carbonyl (C=O) groups excluding carboxylic acids is 2. The van der Waals surface area contributed by atoms with Crippen LogP contribution in [-0.2, 0) is 16.0 Å². The van der Waals surface area contributed by atoms with Crippen molar-refractivity contribution in [3.8, 4) is 5.75 Å². The lowest BCUT2D eigenvalue weighted by Gasteiger charge is -2.10. The second-order valence-electron chi connectivity index (χ2n) is 6.35. The van der Waals surface area contributed by atoms with Gasteiger partial charge in [0.1, 0.15) is 11.3 Å². The number of amides is 2. The number of carbonyl (C=O) groups is 2. The maximum absolute atomic E-state index is 12.3. The number of hydrogen-bond acceptors (Lipinski definition) is 5. The van der Waals surface area contributed by atoms with Crippen LogP contribution in [0.3, 0.4) is 0 Å². The molecule has 0 unspecified atom stereocenters. The third-order valence-electron chi connectivity index (χ3n) is 3.99. The first kappa shape index (κ1) is 19.5. The summed E-state index contributed by atoms with van der Waals surface area (Å²) in [7, 11) is 1.54. The molecule has 7 heteroatoms. The zero-order valence-corrected chi connectivity index (χ0v) is 15.5. The third-order valence-corrected chi connectivity index (χ3v) is 3.99. The van der Waals surface area contributed by atoms with Crippen molar-refractivity contribution < 1.29 is 18.7 Å². The van der Waals surface area contributed by atoms with E-state index in [1.807, 2.05) is 26.8 Å². The molecule has 2 amide bonds. The summed E-state index contributed by atoms with van der Waals surface area (Å²) in [5.41, 5.74) is 1.23. The number of methoxy groups -OCH3 is 1. The van der Waals surface area contributed by atoms with Crippen molar-refractivity contribution in [1.29, 1.82) is 0 Å². The predicted molar refractivity (Wildman–Crippen MR) is 98.4 cm³/mol. The molecule has 7 nitrogen and oxygen atoms in total. The normalized spacial score (nSPS) is 10.8. The lowest BCUT2D eigenvalue weighted by Crippen LogP contribution is -2.39. The number of hydrogen-bond donors (Lipinski definition) is 2. The molecule has 2 rings (SSSR count). The molecule has 0 saturated heterocycles. The Bertz CT molecular complexity index is 870. The molecule has 1 heterocycles. The Morgan fingerprint density at radius 3 is 2.62 bits per heavy atom. The zero-order chi connectivity index (χ0) is 19.3. The van der Waals surface area contributed by atoms with Gasteiger partial charge in [0.15, 0.2) is 0 Å². The van der Waals surface area contributed by atoms with Gasteiger partial charge in [-0.1, -0.05) is 0 Å². The topological polar surface area (TPSA) is 97.6 Å². The van der Waals surface area contributed by atoms with Crippen LogP contribution < -0.4 is 21.0 Å². The van der Waals surface area contributed by atoms with Gasteiger partial charge in [0.25, 0.3) is 0 Å². The summed E-state index contributed by atoms with van der Waals surface area (Å²) in [4.78, 5) is 35.7. The highest BCUT2D eigenvalue weighted by atomic mass is 16.5. The first-order valence-electron chi connectivity index (χ1n) is 8.48. The van der Waals surface area contributed by atoms with Gasteiger partial charge in [-0.15, -0.1) is 0 Å². The Morgan fingerprint density at radius 2 is 1.96 bits per heavy atom. The Kier molecular flexibility index (Phi) is 6.38. The zero-order valence-electron chi connectivity index (χ0n) is 15.5. The van der Waals surface area contributed by atoms with E-state index in [2.05, 4.69) is 10.6 Å². The van der Waals surface area contributed by atoms with Crippen LogP contribution in [0.15, 0.2) is 27.4 Å². The number of aryl methyl sites for hydroxylation is 1. The van der Waals surface area contributed by atoms with E-state index in [1.54, 1.807) is 19.2 Å². The minimum Gasteiger partial charge on any atom is -0.497 e. The van der Waals surface area contributed by atoms with Crippen molar-refractivity contribution in [2.45, 2.75) is 39.7 Å². The average Bonchev–Trinajstić information content (AvgIpc) is 2.58. The van der Waals surface area contributed by atoms with E-state index in [0.29, 0.717) is 16.9 Å². The van der Waals surface area contributed by atoms with E-state index in [9.17, 15) is 14.4 Å². The van der Waals surface area contributed by atoms with Gasteiger partial charge in [-0.2, -0.15) is 0 Å². The van der Waals surface area contributed by atoms with Crippen molar-refractivity contribution in [3.63, 3.8) is 0 Å². The smallest absolute Gasteiger partial charge is 0.339 e. The molecule has 1 aromatic carbocycles. The van der Waals surface area contributed by atoms with Gasteiger partial charge < -0.3 is 19.8 Å². The van der Waals surface area contributed by atoms with Crippen LogP contribution in [0, 0.1) is 6.92 Å². The van der Waals surface area contributed by atoms with E-state index in [4.69, 9.17) is 9.15 Å². The lowest BCUT2D eigenvalue weighted by atomic mass is 10.0. The van der Waals surface area contributed by atoms with Gasteiger partial charge in [0, 0.05) is 29.5 Å². The molecule has 0 radical (unpaired) electrons. The molecule has 2 aromatic rings. The minimum atomic E-state index is -0.464. The quantitative estimate of drug-likeness (QED) is 0.732. The van der Waals surface area contributed by atoms with Gasteiger partial charge in [0.2, 0.25) is 11.8 Å². The Labute approximate surface area is 151 Å². The highest BCUT2D eigenvalue weighted by Crippen LogP contribution is 2.24. The summed E-state index contributed by atoms with van der Waals surface area (Å²) in [5.74, 6) is 0.0630. The Hall–Kier alpha value is -2.83. The molecule has 26 heavy (non-hydrogen) atoms. The number of nitrogens with one attached hydrogen (secondary N) is 2. The number of rotatable bonds is 7. The van der Waals surface area contributed by atoms with Crippen LogP contribution in [0.4, 0.5) is 0 Å². The SMILES string of the molecule is COc1ccc2c(C)c(CCC(=O)NCC(=O)NC(C)C)c(=O)oc2c1. The van der Waals surface area contributed by atoms with Crippen molar-refractivity contribution >= 4 is 22.8 Å². The van der Waals surface area contributed by atoms with Crippen LogP contribution in [0.5, 0.6) is 5.75 Å².